The van der Waals surface area contributed by atoms with Crippen LogP contribution in [0.3, 0.4) is 0 Å². The minimum atomic E-state index is -0.361. The second kappa shape index (κ2) is 7.60. The molecule has 3 unspecified atom stereocenters. The van der Waals surface area contributed by atoms with E-state index in [9.17, 15) is 4.79 Å². The molecule has 1 aliphatic rings. The van der Waals surface area contributed by atoms with Gasteiger partial charge in [0.1, 0.15) is 6.04 Å². The predicted molar refractivity (Wildman–Crippen MR) is 84.9 cm³/mol. The number of hydrogen-bond acceptors (Lipinski definition) is 3. The van der Waals surface area contributed by atoms with Crippen molar-refractivity contribution in [1.29, 1.82) is 0 Å². The van der Waals surface area contributed by atoms with Crippen molar-refractivity contribution in [3.8, 4) is 0 Å². The standard InChI is InChI=1S/C18H27NO2/c1-13(2)15-11-7-8-12-16(15)19-17(18(20)21-3)14-9-5-4-6-10-14/h4-6,9-10,13,15-17,19H,7-8,11-12H2,1-3H3. The summed E-state index contributed by atoms with van der Waals surface area (Å²) < 4.78 is 5.00. The molecular formula is C18H27NO2. The molecular weight excluding hydrogens is 262 g/mol. The number of rotatable bonds is 5. The van der Waals surface area contributed by atoms with Crippen molar-refractivity contribution < 1.29 is 9.53 Å². The van der Waals surface area contributed by atoms with Crippen molar-refractivity contribution in [2.24, 2.45) is 11.8 Å². The van der Waals surface area contributed by atoms with E-state index in [0.717, 1.165) is 12.0 Å². The Morgan fingerprint density at radius 3 is 2.48 bits per heavy atom. The van der Waals surface area contributed by atoms with Gasteiger partial charge in [-0.1, -0.05) is 57.0 Å². The van der Waals surface area contributed by atoms with Crippen molar-refractivity contribution in [2.45, 2.75) is 51.6 Å². The normalized spacial score (nSPS) is 23.8. The maximum atomic E-state index is 12.2. The quantitative estimate of drug-likeness (QED) is 0.840. The van der Waals surface area contributed by atoms with Crippen LogP contribution in [0.25, 0.3) is 0 Å². The molecule has 0 spiro atoms. The van der Waals surface area contributed by atoms with E-state index in [2.05, 4.69) is 19.2 Å². The van der Waals surface area contributed by atoms with Gasteiger partial charge in [-0.2, -0.15) is 0 Å². The van der Waals surface area contributed by atoms with Gasteiger partial charge in [0.05, 0.1) is 7.11 Å². The average molecular weight is 289 g/mol. The zero-order valence-corrected chi connectivity index (χ0v) is 13.3. The second-order valence-electron chi connectivity index (χ2n) is 6.33. The van der Waals surface area contributed by atoms with Crippen molar-refractivity contribution in [2.75, 3.05) is 7.11 Å². The first kappa shape index (κ1) is 16.0. The lowest BCUT2D eigenvalue weighted by atomic mass is 9.77. The molecule has 0 amide bonds. The van der Waals surface area contributed by atoms with Crippen LogP contribution in [0.15, 0.2) is 30.3 Å². The van der Waals surface area contributed by atoms with Crippen LogP contribution in [0.2, 0.25) is 0 Å². The van der Waals surface area contributed by atoms with Crippen LogP contribution in [-0.2, 0) is 9.53 Å². The molecule has 1 aliphatic carbocycles. The summed E-state index contributed by atoms with van der Waals surface area (Å²) in [5.41, 5.74) is 0.984. The molecule has 1 N–H and O–H groups in total. The van der Waals surface area contributed by atoms with Gasteiger partial charge < -0.3 is 4.74 Å². The van der Waals surface area contributed by atoms with Crippen LogP contribution in [-0.4, -0.2) is 19.1 Å². The van der Waals surface area contributed by atoms with E-state index in [1.165, 1.54) is 26.4 Å². The van der Waals surface area contributed by atoms with Crippen LogP contribution < -0.4 is 5.32 Å². The van der Waals surface area contributed by atoms with E-state index < -0.39 is 0 Å². The van der Waals surface area contributed by atoms with Gasteiger partial charge in [-0.15, -0.1) is 0 Å². The Kier molecular flexibility index (Phi) is 5.80. The Hall–Kier alpha value is -1.35. The third-order valence-corrected chi connectivity index (χ3v) is 4.63. The Morgan fingerprint density at radius 1 is 1.19 bits per heavy atom. The molecule has 1 saturated carbocycles. The number of methoxy groups -OCH3 is 1. The van der Waals surface area contributed by atoms with E-state index in [4.69, 9.17) is 4.74 Å². The first-order chi connectivity index (χ1) is 10.1. The fourth-order valence-corrected chi connectivity index (χ4v) is 3.44. The summed E-state index contributed by atoms with van der Waals surface area (Å²) in [5.74, 6) is 1.07. The Balaban J connectivity index is 2.16. The lowest BCUT2D eigenvalue weighted by molar-refractivity contribution is -0.143. The molecule has 3 atom stereocenters. The van der Waals surface area contributed by atoms with Gasteiger partial charge in [0, 0.05) is 6.04 Å². The van der Waals surface area contributed by atoms with Gasteiger partial charge in [-0.3, -0.25) is 5.32 Å². The molecule has 0 aromatic heterocycles. The van der Waals surface area contributed by atoms with Crippen molar-refractivity contribution in [3.63, 3.8) is 0 Å². The summed E-state index contributed by atoms with van der Waals surface area (Å²) in [4.78, 5) is 12.2. The zero-order valence-electron chi connectivity index (χ0n) is 13.3. The number of benzene rings is 1. The SMILES string of the molecule is COC(=O)C(NC1CCCCC1C(C)C)c1ccccc1. The Morgan fingerprint density at radius 2 is 1.86 bits per heavy atom. The van der Waals surface area contributed by atoms with E-state index in [0.29, 0.717) is 17.9 Å². The predicted octanol–water partition coefficient (Wildman–Crippen LogP) is 3.71. The first-order valence-corrected chi connectivity index (χ1v) is 8.02. The number of nitrogens with one attached hydrogen (secondary N) is 1. The summed E-state index contributed by atoms with van der Waals surface area (Å²) in [6.45, 7) is 4.56. The highest BCUT2D eigenvalue weighted by molar-refractivity contribution is 5.77. The summed E-state index contributed by atoms with van der Waals surface area (Å²) in [6.07, 6.45) is 4.93. The summed E-state index contributed by atoms with van der Waals surface area (Å²) in [6, 6.07) is 9.91. The highest BCUT2D eigenvalue weighted by Gasteiger charge is 2.32. The minimum absolute atomic E-state index is 0.200. The number of ether oxygens (including phenoxy) is 1. The highest BCUT2D eigenvalue weighted by atomic mass is 16.5. The molecule has 1 aromatic carbocycles. The highest BCUT2D eigenvalue weighted by Crippen LogP contribution is 2.32. The van der Waals surface area contributed by atoms with Crippen molar-refractivity contribution in [1.82, 2.24) is 5.32 Å². The van der Waals surface area contributed by atoms with Gasteiger partial charge in [0.15, 0.2) is 0 Å². The van der Waals surface area contributed by atoms with Crippen LogP contribution >= 0.6 is 0 Å². The molecule has 116 valence electrons. The summed E-state index contributed by atoms with van der Waals surface area (Å²) in [7, 11) is 1.46. The molecule has 21 heavy (non-hydrogen) atoms. The Bertz CT molecular complexity index is 444. The molecule has 0 saturated heterocycles. The van der Waals surface area contributed by atoms with E-state index in [1.54, 1.807) is 0 Å². The molecule has 3 nitrogen and oxygen atoms in total. The van der Waals surface area contributed by atoms with E-state index in [1.807, 2.05) is 30.3 Å². The molecule has 0 heterocycles. The molecule has 0 aliphatic heterocycles. The molecule has 0 bridgehead atoms. The summed E-state index contributed by atoms with van der Waals surface area (Å²) in [5, 5.41) is 3.58. The lowest BCUT2D eigenvalue weighted by Crippen LogP contribution is -2.45. The van der Waals surface area contributed by atoms with Gasteiger partial charge in [-0.05, 0) is 30.2 Å². The number of carbonyl (C=O) groups is 1. The number of carbonyl (C=O) groups excluding carboxylic acids is 1. The molecule has 3 heteroatoms. The monoisotopic (exact) mass is 289 g/mol. The fourth-order valence-electron chi connectivity index (χ4n) is 3.44. The number of hydrogen-bond donors (Lipinski definition) is 1. The third kappa shape index (κ3) is 4.07. The van der Waals surface area contributed by atoms with Gasteiger partial charge in [-0.25, -0.2) is 4.79 Å². The second-order valence-corrected chi connectivity index (χ2v) is 6.33. The maximum Gasteiger partial charge on any atom is 0.327 e. The van der Waals surface area contributed by atoms with Crippen LogP contribution in [0.1, 0.15) is 51.1 Å². The van der Waals surface area contributed by atoms with Crippen LogP contribution in [0, 0.1) is 11.8 Å². The van der Waals surface area contributed by atoms with Gasteiger partial charge >= 0.3 is 5.97 Å². The fraction of sp³-hybridized carbons (Fsp3) is 0.611. The van der Waals surface area contributed by atoms with Crippen molar-refractivity contribution in [3.05, 3.63) is 35.9 Å². The largest absolute Gasteiger partial charge is 0.468 e. The number of esters is 1. The molecule has 1 aromatic rings. The zero-order chi connectivity index (χ0) is 15.2. The maximum absolute atomic E-state index is 12.2. The topological polar surface area (TPSA) is 38.3 Å². The van der Waals surface area contributed by atoms with E-state index >= 15 is 0 Å². The third-order valence-electron chi connectivity index (χ3n) is 4.63. The first-order valence-electron chi connectivity index (χ1n) is 8.02. The lowest BCUT2D eigenvalue weighted by Gasteiger charge is -2.37. The smallest absolute Gasteiger partial charge is 0.327 e. The van der Waals surface area contributed by atoms with Gasteiger partial charge in [0.25, 0.3) is 0 Å². The van der Waals surface area contributed by atoms with Crippen molar-refractivity contribution >= 4 is 5.97 Å². The van der Waals surface area contributed by atoms with Crippen LogP contribution in [0.4, 0.5) is 0 Å². The minimum Gasteiger partial charge on any atom is -0.468 e. The molecule has 2 rings (SSSR count). The molecule has 1 fully saturated rings. The van der Waals surface area contributed by atoms with Gasteiger partial charge in [0.2, 0.25) is 0 Å². The average Bonchev–Trinajstić information content (AvgIpc) is 2.53. The summed E-state index contributed by atoms with van der Waals surface area (Å²) >= 11 is 0. The van der Waals surface area contributed by atoms with E-state index in [-0.39, 0.29) is 12.0 Å². The Labute approximate surface area is 128 Å². The molecule has 0 radical (unpaired) electrons. The van der Waals surface area contributed by atoms with Crippen LogP contribution in [0.5, 0.6) is 0 Å².